The number of benzene rings is 1. The van der Waals surface area contributed by atoms with Crippen LogP contribution in [0, 0.1) is 5.82 Å². The number of alkyl halides is 2. The number of aromatic nitrogens is 2. The molecule has 0 saturated carbocycles. The van der Waals surface area contributed by atoms with E-state index in [1.54, 1.807) is 0 Å². The van der Waals surface area contributed by atoms with Crippen molar-refractivity contribution in [1.29, 1.82) is 0 Å². The Labute approximate surface area is 111 Å². The molecule has 8 heteroatoms. The number of carboxylic acid groups (broad SMARTS) is 1. The summed E-state index contributed by atoms with van der Waals surface area (Å²) >= 11 is 0. The van der Waals surface area contributed by atoms with Crippen LogP contribution in [0.1, 0.15) is 22.7 Å². The van der Waals surface area contributed by atoms with Gasteiger partial charge in [0.05, 0.1) is 0 Å². The third-order valence-electron chi connectivity index (χ3n) is 2.51. The lowest BCUT2D eigenvalue weighted by Gasteiger charge is -2.10. The largest absolute Gasteiger partial charge is 0.485 e. The number of carboxylic acids is 1. The molecule has 106 valence electrons. The van der Waals surface area contributed by atoms with Crippen LogP contribution in [0.4, 0.5) is 13.2 Å². The zero-order valence-electron chi connectivity index (χ0n) is 9.96. The molecule has 0 fully saturated rings. The summed E-state index contributed by atoms with van der Waals surface area (Å²) in [6.45, 7) is -3.19. The van der Waals surface area contributed by atoms with Gasteiger partial charge in [-0.1, -0.05) is 6.07 Å². The molecule has 0 amide bonds. The minimum Gasteiger partial charge on any atom is -0.485 e. The molecule has 0 aliphatic carbocycles. The Bertz CT molecular complexity index is 628. The number of aromatic carboxylic acids is 1. The average molecular weight is 286 g/mol. The highest BCUT2D eigenvalue weighted by atomic mass is 19.3. The second kappa shape index (κ2) is 5.64. The Morgan fingerprint density at radius 3 is 2.85 bits per heavy atom. The van der Waals surface area contributed by atoms with Crippen LogP contribution in [0.2, 0.25) is 0 Å². The van der Waals surface area contributed by atoms with E-state index in [9.17, 15) is 18.0 Å². The third kappa shape index (κ3) is 2.73. The van der Waals surface area contributed by atoms with Crippen molar-refractivity contribution in [3.63, 3.8) is 0 Å². The lowest BCUT2D eigenvalue weighted by Crippen LogP contribution is -2.10. The van der Waals surface area contributed by atoms with E-state index in [-0.39, 0.29) is 11.6 Å². The van der Waals surface area contributed by atoms with Crippen LogP contribution in [0.25, 0.3) is 0 Å². The molecule has 0 radical (unpaired) electrons. The zero-order valence-corrected chi connectivity index (χ0v) is 9.96. The van der Waals surface area contributed by atoms with Gasteiger partial charge in [-0.15, -0.1) is 0 Å². The van der Waals surface area contributed by atoms with Gasteiger partial charge in [0.1, 0.15) is 23.7 Å². The molecule has 0 atom stereocenters. The van der Waals surface area contributed by atoms with Crippen molar-refractivity contribution in [3.05, 3.63) is 47.8 Å². The first-order valence-electron chi connectivity index (χ1n) is 5.45. The van der Waals surface area contributed by atoms with Gasteiger partial charge in [-0.3, -0.25) is 4.57 Å². The van der Waals surface area contributed by atoms with Crippen molar-refractivity contribution in [2.45, 2.75) is 13.2 Å². The molecule has 2 aromatic rings. The third-order valence-corrected chi connectivity index (χ3v) is 2.51. The number of ether oxygens (including phenoxy) is 1. The summed E-state index contributed by atoms with van der Waals surface area (Å²) in [5, 5.41) is 8.89. The molecule has 0 aliphatic rings. The molecule has 0 bridgehead atoms. The molecule has 1 aromatic carbocycles. The summed E-state index contributed by atoms with van der Waals surface area (Å²) in [5.41, 5.74) is -0.650. The second-order valence-electron chi connectivity index (χ2n) is 3.74. The van der Waals surface area contributed by atoms with E-state index in [1.807, 2.05) is 0 Å². The van der Waals surface area contributed by atoms with E-state index in [1.165, 1.54) is 12.1 Å². The van der Waals surface area contributed by atoms with E-state index >= 15 is 0 Å². The molecule has 0 aliphatic heterocycles. The van der Waals surface area contributed by atoms with Gasteiger partial charge < -0.3 is 9.84 Å². The van der Waals surface area contributed by atoms with Crippen LogP contribution in [0.15, 0.2) is 30.6 Å². The molecule has 1 heterocycles. The van der Waals surface area contributed by atoms with Gasteiger partial charge >= 0.3 is 12.5 Å². The van der Waals surface area contributed by atoms with Crippen LogP contribution in [-0.4, -0.2) is 20.6 Å². The van der Waals surface area contributed by atoms with Crippen molar-refractivity contribution in [2.24, 2.45) is 0 Å². The fourth-order valence-electron chi connectivity index (χ4n) is 1.61. The molecule has 20 heavy (non-hydrogen) atoms. The van der Waals surface area contributed by atoms with Crippen LogP contribution >= 0.6 is 0 Å². The average Bonchev–Trinajstić information content (AvgIpc) is 2.84. The normalized spacial score (nSPS) is 10.8. The molecule has 1 N–H and O–H groups in total. The van der Waals surface area contributed by atoms with Crippen molar-refractivity contribution in [2.75, 3.05) is 0 Å². The van der Waals surface area contributed by atoms with Crippen LogP contribution in [-0.2, 0) is 6.61 Å². The first kappa shape index (κ1) is 13.9. The van der Waals surface area contributed by atoms with Crippen LogP contribution < -0.4 is 4.74 Å². The lowest BCUT2D eigenvalue weighted by atomic mass is 10.2. The van der Waals surface area contributed by atoms with E-state index in [0.29, 0.717) is 4.57 Å². The standard InChI is InChI=1S/C12H9F3N2O3/c13-7-2-1-3-8(10(7)11(18)19)20-6-9-16-4-5-17(9)12(14)15/h1-5,12H,6H2,(H,18,19). The van der Waals surface area contributed by atoms with Crippen molar-refractivity contribution < 1.29 is 27.8 Å². The number of hydrogen-bond donors (Lipinski definition) is 1. The number of nitrogens with zero attached hydrogens (tertiary/aromatic N) is 2. The maximum absolute atomic E-state index is 13.4. The summed E-state index contributed by atoms with van der Waals surface area (Å²) in [4.78, 5) is 14.6. The van der Waals surface area contributed by atoms with Gasteiger partial charge in [0.15, 0.2) is 5.82 Å². The SMILES string of the molecule is O=C(O)c1c(F)cccc1OCc1nccn1C(F)F. The smallest absolute Gasteiger partial charge is 0.342 e. The van der Waals surface area contributed by atoms with Crippen molar-refractivity contribution in [1.82, 2.24) is 9.55 Å². The molecule has 1 aromatic heterocycles. The fraction of sp³-hybridized carbons (Fsp3) is 0.167. The Kier molecular flexibility index (Phi) is 3.92. The molecular weight excluding hydrogens is 277 g/mol. The summed E-state index contributed by atoms with van der Waals surface area (Å²) in [5.74, 6) is -2.82. The van der Waals surface area contributed by atoms with Gasteiger partial charge in [-0.25, -0.2) is 14.2 Å². The van der Waals surface area contributed by atoms with Gasteiger partial charge in [-0.2, -0.15) is 8.78 Å². The maximum atomic E-state index is 13.4. The fourth-order valence-corrected chi connectivity index (χ4v) is 1.61. The minimum atomic E-state index is -2.79. The number of hydrogen-bond acceptors (Lipinski definition) is 3. The monoisotopic (exact) mass is 286 g/mol. The van der Waals surface area contributed by atoms with Gasteiger partial charge in [0.25, 0.3) is 0 Å². The molecule has 5 nitrogen and oxygen atoms in total. The number of halogens is 3. The predicted molar refractivity (Wildman–Crippen MR) is 61.2 cm³/mol. The van der Waals surface area contributed by atoms with E-state index in [0.717, 1.165) is 18.5 Å². The van der Waals surface area contributed by atoms with E-state index in [4.69, 9.17) is 9.84 Å². The molecular formula is C12H9F3N2O3. The van der Waals surface area contributed by atoms with Gasteiger partial charge in [0, 0.05) is 12.4 Å². The van der Waals surface area contributed by atoms with Crippen LogP contribution in [0.3, 0.4) is 0 Å². The summed E-state index contributed by atoms with van der Waals surface area (Å²) in [6.07, 6.45) is 2.22. The molecule has 2 rings (SSSR count). The predicted octanol–water partition coefficient (Wildman–Crippen LogP) is 2.69. The minimum absolute atomic E-state index is 0.0967. The van der Waals surface area contributed by atoms with Gasteiger partial charge in [0.2, 0.25) is 0 Å². The molecule has 0 saturated heterocycles. The summed E-state index contributed by atoms with van der Waals surface area (Å²) < 4.78 is 44.2. The Morgan fingerprint density at radius 1 is 1.45 bits per heavy atom. The summed E-state index contributed by atoms with van der Waals surface area (Å²) in [7, 11) is 0. The Hall–Kier alpha value is -2.51. The van der Waals surface area contributed by atoms with E-state index in [2.05, 4.69) is 4.98 Å². The lowest BCUT2D eigenvalue weighted by molar-refractivity contribution is 0.0622. The van der Waals surface area contributed by atoms with Gasteiger partial charge in [-0.05, 0) is 12.1 Å². The first-order valence-corrected chi connectivity index (χ1v) is 5.45. The van der Waals surface area contributed by atoms with Crippen LogP contribution in [0.5, 0.6) is 5.75 Å². The van der Waals surface area contributed by atoms with E-state index < -0.39 is 30.5 Å². The zero-order chi connectivity index (χ0) is 14.7. The Morgan fingerprint density at radius 2 is 2.20 bits per heavy atom. The highest BCUT2D eigenvalue weighted by Crippen LogP contribution is 2.23. The number of imidazole rings is 1. The highest BCUT2D eigenvalue weighted by molar-refractivity contribution is 5.91. The summed E-state index contributed by atoms with van der Waals surface area (Å²) in [6, 6.07) is 3.47. The molecule has 0 unspecified atom stereocenters. The highest BCUT2D eigenvalue weighted by Gasteiger charge is 2.18. The van der Waals surface area contributed by atoms with Crippen molar-refractivity contribution >= 4 is 5.97 Å². The van der Waals surface area contributed by atoms with Crippen molar-refractivity contribution in [3.8, 4) is 5.75 Å². The number of rotatable bonds is 5. The Balaban J connectivity index is 2.21. The maximum Gasteiger partial charge on any atom is 0.342 e. The molecule has 0 spiro atoms. The quantitative estimate of drug-likeness (QED) is 0.917. The number of carbonyl (C=O) groups is 1. The topological polar surface area (TPSA) is 64.3 Å². The second-order valence-corrected chi connectivity index (χ2v) is 3.74. The first-order chi connectivity index (χ1) is 9.50.